The number of benzene rings is 1. The average molecular weight is 339 g/mol. The zero-order valence-electron chi connectivity index (χ0n) is 13.1. The van der Waals surface area contributed by atoms with Crippen molar-refractivity contribution in [1.82, 2.24) is 14.9 Å². The summed E-state index contributed by atoms with van der Waals surface area (Å²) >= 11 is 1.48. The smallest absolute Gasteiger partial charge is 0.259 e. The SMILES string of the molecule is O=C(Cc1nc2sc(-c3ccccc3)cc2c(=O)[nH]1)N1CCCC1. The number of rotatable bonds is 3. The lowest BCUT2D eigenvalue weighted by atomic mass is 10.2. The van der Waals surface area contributed by atoms with E-state index in [1.54, 1.807) is 0 Å². The van der Waals surface area contributed by atoms with E-state index >= 15 is 0 Å². The van der Waals surface area contributed by atoms with Crippen LogP contribution in [0.1, 0.15) is 18.7 Å². The number of nitrogens with one attached hydrogen (secondary N) is 1. The Bertz CT molecular complexity index is 940. The van der Waals surface area contributed by atoms with E-state index in [9.17, 15) is 9.59 Å². The van der Waals surface area contributed by atoms with Crippen molar-refractivity contribution in [3.63, 3.8) is 0 Å². The first kappa shape index (κ1) is 15.1. The van der Waals surface area contributed by atoms with E-state index in [2.05, 4.69) is 9.97 Å². The summed E-state index contributed by atoms with van der Waals surface area (Å²) in [5.74, 6) is 0.487. The van der Waals surface area contributed by atoms with E-state index in [-0.39, 0.29) is 17.9 Å². The van der Waals surface area contributed by atoms with Crippen LogP contribution in [0.15, 0.2) is 41.2 Å². The summed E-state index contributed by atoms with van der Waals surface area (Å²) in [5, 5.41) is 0.580. The molecule has 1 fully saturated rings. The number of carbonyl (C=O) groups excluding carboxylic acids is 1. The van der Waals surface area contributed by atoms with Crippen LogP contribution >= 0.6 is 11.3 Å². The molecule has 0 radical (unpaired) electrons. The summed E-state index contributed by atoms with van der Waals surface area (Å²) in [5.41, 5.74) is 0.886. The monoisotopic (exact) mass is 339 g/mol. The third-order valence-electron chi connectivity index (χ3n) is 4.29. The summed E-state index contributed by atoms with van der Waals surface area (Å²) in [6, 6.07) is 11.8. The largest absolute Gasteiger partial charge is 0.342 e. The van der Waals surface area contributed by atoms with Crippen LogP contribution in [-0.2, 0) is 11.2 Å². The fourth-order valence-electron chi connectivity index (χ4n) is 3.03. The molecule has 2 aromatic heterocycles. The molecule has 1 aliphatic heterocycles. The van der Waals surface area contributed by atoms with Gasteiger partial charge in [0.2, 0.25) is 5.91 Å². The summed E-state index contributed by atoms with van der Waals surface area (Å²) < 4.78 is 0. The fourth-order valence-corrected chi connectivity index (χ4v) is 4.08. The van der Waals surface area contributed by atoms with Crippen LogP contribution in [0.3, 0.4) is 0 Å². The first-order valence-corrected chi connectivity index (χ1v) is 8.88. The minimum absolute atomic E-state index is 0.0369. The number of carbonyl (C=O) groups is 1. The summed E-state index contributed by atoms with van der Waals surface area (Å²) in [6.07, 6.45) is 2.27. The maximum Gasteiger partial charge on any atom is 0.259 e. The van der Waals surface area contributed by atoms with Crippen molar-refractivity contribution < 1.29 is 4.79 Å². The van der Waals surface area contributed by atoms with Gasteiger partial charge in [-0.1, -0.05) is 30.3 Å². The van der Waals surface area contributed by atoms with Crippen LogP contribution < -0.4 is 5.56 Å². The fraction of sp³-hybridized carbons (Fsp3) is 0.278. The van der Waals surface area contributed by atoms with E-state index in [4.69, 9.17) is 0 Å². The van der Waals surface area contributed by atoms with E-state index in [0.717, 1.165) is 36.4 Å². The molecule has 3 heterocycles. The molecule has 3 aromatic rings. The zero-order valence-corrected chi connectivity index (χ0v) is 13.9. The van der Waals surface area contributed by atoms with Gasteiger partial charge >= 0.3 is 0 Å². The standard InChI is InChI=1S/C18H17N3O2S/c22-16(21-8-4-5-9-21)11-15-19-17(23)13-10-14(24-18(13)20-15)12-6-2-1-3-7-12/h1-3,6-7,10H,4-5,8-9,11H2,(H,19,20,23). The Morgan fingerprint density at radius 3 is 2.71 bits per heavy atom. The predicted molar refractivity (Wildman–Crippen MR) is 95.2 cm³/mol. The van der Waals surface area contributed by atoms with Crippen molar-refractivity contribution >= 4 is 27.5 Å². The number of fused-ring (bicyclic) bond motifs is 1. The maximum atomic E-state index is 12.3. The number of nitrogens with zero attached hydrogens (tertiary/aromatic N) is 2. The van der Waals surface area contributed by atoms with Crippen molar-refractivity contribution in [1.29, 1.82) is 0 Å². The molecule has 1 aliphatic rings. The van der Waals surface area contributed by atoms with Crippen molar-refractivity contribution in [2.24, 2.45) is 0 Å². The molecule has 1 N–H and O–H groups in total. The van der Waals surface area contributed by atoms with Gasteiger partial charge in [0.15, 0.2) is 0 Å². The maximum absolute atomic E-state index is 12.3. The second kappa shape index (κ2) is 6.20. The van der Waals surface area contributed by atoms with Gasteiger partial charge in [-0.25, -0.2) is 4.98 Å². The highest BCUT2D eigenvalue weighted by atomic mass is 32.1. The predicted octanol–water partition coefficient (Wildman–Crippen LogP) is 2.82. The molecule has 0 spiro atoms. The van der Waals surface area contributed by atoms with Crippen LogP contribution in [0.25, 0.3) is 20.7 Å². The highest BCUT2D eigenvalue weighted by Crippen LogP contribution is 2.30. The minimum Gasteiger partial charge on any atom is -0.342 e. The van der Waals surface area contributed by atoms with Crippen LogP contribution in [0.2, 0.25) is 0 Å². The molecular formula is C18H17N3O2S. The third kappa shape index (κ3) is 2.85. The lowest BCUT2D eigenvalue weighted by Gasteiger charge is -2.14. The number of amides is 1. The second-order valence-corrected chi connectivity index (χ2v) is 7.00. The highest BCUT2D eigenvalue weighted by Gasteiger charge is 2.19. The molecule has 1 saturated heterocycles. The molecule has 0 bridgehead atoms. The van der Waals surface area contributed by atoms with Crippen molar-refractivity contribution in [3.8, 4) is 10.4 Å². The Hall–Kier alpha value is -2.47. The van der Waals surface area contributed by atoms with E-state index < -0.39 is 0 Å². The minimum atomic E-state index is -0.178. The number of H-pyrrole nitrogens is 1. The first-order chi connectivity index (χ1) is 11.7. The van der Waals surface area contributed by atoms with Crippen LogP contribution in [0.4, 0.5) is 0 Å². The number of aromatic nitrogens is 2. The Morgan fingerprint density at radius 2 is 1.96 bits per heavy atom. The second-order valence-electron chi connectivity index (χ2n) is 5.97. The molecule has 4 rings (SSSR count). The third-order valence-corrected chi connectivity index (χ3v) is 5.37. The molecule has 1 amide bonds. The van der Waals surface area contributed by atoms with Crippen LogP contribution in [0, 0.1) is 0 Å². The number of likely N-dealkylation sites (tertiary alicyclic amines) is 1. The lowest BCUT2D eigenvalue weighted by Crippen LogP contribution is -2.30. The van der Waals surface area contributed by atoms with E-state index in [1.807, 2.05) is 41.3 Å². The average Bonchev–Trinajstić information content (AvgIpc) is 3.25. The molecule has 0 unspecified atom stereocenters. The van der Waals surface area contributed by atoms with Gasteiger partial charge in [-0.2, -0.15) is 0 Å². The van der Waals surface area contributed by atoms with Gasteiger partial charge in [0.25, 0.3) is 5.56 Å². The van der Waals surface area contributed by atoms with Crippen molar-refractivity contribution in [2.75, 3.05) is 13.1 Å². The molecule has 0 atom stereocenters. The van der Waals surface area contributed by atoms with Crippen molar-refractivity contribution in [2.45, 2.75) is 19.3 Å². The summed E-state index contributed by atoms with van der Waals surface area (Å²) in [7, 11) is 0. The van der Waals surface area contributed by atoms with Gasteiger partial charge in [-0.3, -0.25) is 9.59 Å². The Kier molecular flexibility index (Phi) is 3.90. The van der Waals surface area contributed by atoms with Gasteiger partial charge in [-0.05, 0) is 24.5 Å². The van der Waals surface area contributed by atoms with E-state index in [1.165, 1.54) is 11.3 Å². The van der Waals surface area contributed by atoms with Gasteiger partial charge < -0.3 is 9.88 Å². The van der Waals surface area contributed by atoms with E-state index in [0.29, 0.717) is 16.0 Å². The first-order valence-electron chi connectivity index (χ1n) is 8.06. The lowest BCUT2D eigenvalue weighted by molar-refractivity contribution is -0.129. The quantitative estimate of drug-likeness (QED) is 0.798. The van der Waals surface area contributed by atoms with Crippen LogP contribution in [0.5, 0.6) is 0 Å². The number of hydrogen-bond acceptors (Lipinski definition) is 4. The Labute approximate surface area is 143 Å². The Morgan fingerprint density at radius 1 is 1.21 bits per heavy atom. The van der Waals surface area contributed by atoms with Gasteiger partial charge in [-0.15, -0.1) is 11.3 Å². The zero-order chi connectivity index (χ0) is 16.5. The van der Waals surface area contributed by atoms with Crippen molar-refractivity contribution in [3.05, 3.63) is 52.6 Å². The topological polar surface area (TPSA) is 66.1 Å². The molecular weight excluding hydrogens is 322 g/mol. The molecule has 0 saturated carbocycles. The molecule has 24 heavy (non-hydrogen) atoms. The van der Waals surface area contributed by atoms with Gasteiger partial charge in [0.1, 0.15) is 10.7 Å². The normalized spacial score (nSPS) is 14.4. The molecule has 6 heteroatoms. The highest BCUT2D eigenvalue weighted by molar-refractivity contribution is 7.21. The summed E-state index contributed by atoms with van der Waals surface area (Å²) in [6.45, 7) is 1.62. The number of thiophene rings is 1. The summed E-state index contributed by atoms with van der Waals surface area (Å²) in [4.78, 5) is 35.4. The molecule has 1 aromatic carbocycles. The molecule has 0 aliphatic carbocycles. The molecule has 5 nitrogen and oxygen atoms in total. The van der Waals surface area contributed by atoms with Crippen LogP contribution in [-0.4, -0.2) is 33.9 Å². The van der Waals surface area contributed by atoms with Gasteiger partial charge in [0, 0.05) is 18.0 Å². The van der Waals surface area contributed by atoms with Gasteiger partial charge in [0.05, 0.1) is 11.8 Å². The number of hydrogen-bond donors (Lipinski definition) is 1. The molecule has 122 valence electrons. The Balaban J connectivity index is 1.66. The number of aromatic amines is 1.